The van der Waals surface area contributed by atoms with Crippen LogP contribution in [0.25, 0.3) is 0 Å². The maximum atomic E-state index is 13.4. The lowest BCUT2D eigenvalue weighted by molar-refractivity contribution is -0.114. The minimum absolute atomic E-state index is 0.0369. The second-order valence-electron chi connectivity index (χ2n) is 7.72. The Kier molecular flexibility index (Phi) is 8.00. The van der Waals surface area contributed by atoms with Gasteiger partial charge in [0.2, 0.25) is 5.91 Å². The van der Waals surface area contributed by atoms with Crippen LogP contribution in [-0.2, 0) is 14.8 Å². The normalized spacial score (nSPS) is 11.3. The second-order valence-corrected chi connectivity index (χ2v) is 10.0. The van der Waals surface area contributed by atoms with E-state index in [1.165, 1.54) is 24.3 Å². The molecule has 0 radical (unpaired) electrons. The van der Waals surface area contributed by atoms with Crippen LogP contribution in [0.5, 0.6) is 5.75 Å². The van der Waals surface area contributed by atoms with Gasteiger partial charge in [-0.2, -0.15) is 0 Å². The average Bonchev–Trinajstić information content (AvgIpc) is 2.79. The van der Waals surface area contributed by atoms with Crippen molar-refractivity contribution in [2.24, 2.45) is 0 Å². The summed E-state index contributed by atoms with van der Waals surface area (Å²) >= 11 is 5.92. The number of ether oxygens (including phenoxy) is 1. The van der Waals surface area contributed by atoms with Crippen LogP contribution in [0.2, 0.25) is 5.02 Å². The Morgan fingerprint density at radius 1 is 0.970 bits per heavy atom. The predicted molar refractivity (Wildman–Crippen MR) is 133 cm³/mol. The number of hydrogen-bond donors (Lipinski definition) is 1. The van der Waals surface area contributed by atoms with Gasteiger partial charge in [0.05, 0.1) is 17.2 Å². The lowest BCUT2D eigenvalue weighted by Crippen LogP contribution is -2.38. The number of hydrogen-bond acceptors (Lipinski definition) is 4. The summed E-state index contributed by atoms with van der Waals surface area (Å²) in [5.41, 5.74) is 2.09. The van der Waals surface area contributed by atoms with Crippen molar-refractivity contribution in [1.29, 1.82) is 0 Å². The van der Waals surface area contributed by atoms with Crippen molar-refractivity contribution in [3.8, 4) is 5.75 Å². The molecule has 0 unspecified atom stereocenters. The van der Waals surface area contributed by atoms with Gasteiger partial charge in [0.1, 0.15) is 12.3 Å². The summed E-state index contributed by atoms with van der Waals surface area (Å²) in [6, 6.07) is 19.9. The molecule has 8 heteroatoms. The van der Waals surface area contributed by atoms with E-state index in [-0.39, 0.29) is 4.90 Å². The highest BCUT2D eigenvalue weighted by atomic mass is 35.5. The van der Waals surface area contributed by atoms with E-state index in [2.05, 4.69) is 19.2 Å². The Morgan fingerprint density at radius 2 is 1.58 bits per heavy atom. The third kappa shape index (κ3) is 6.27. The van der Waals surface area contributed by atoms with Gasteiger partial charge >= 0.3 is 0 Å². The molecule has 0 heterocycles. The monoisotopic (exact) mass is 486 g/mol. The van der Waals surface area contributed by atoms with E-state index < -0.39 is 22.5 Å². The van der Waals surface area contributed by atoms with E-state index in [4.69, 9.17) is 16.3 Å². The van der Waals surface area contributed by atoms with E-state index >= 15 is 0 Å². The van der Waals surface area contributed by atoms with Crippen LogP contribution in [-0.4, -0.2) is 27.5 Å². The SMILES string of the molecule is CCOc1ccc(N(CC(=O)Nc2ccc(C(C)C)cc2)S(=O)(=O)c2ccc(Cl)cc2)cc1. The first-order valence-corrected chi connectivity index (χ1v) is 12.4. The van der Waals surface area contributed by atoms with E-state index in [9.17, 15) is 13.2 Å². The second kappa shape index (κ2) is 10.7. The molecule has 0 saturated heterocycles. The van der Waals surface area contributed by atoms with Crippen LogP contribution in [0.4, 0.5) is 11.4 Å². The first-order chi connectivity index (χ1) is 15.7. The van der Waals surface area contributed by atoms with Crippen molar-refractivity contribution >= 4 is 38.9 Å². The van der Waals surface area contributed by atoms with Gasteiger partial charge in [-0.1, -0.05) is 37.6 Å². The van der Waals surface area contributed by atoms with E-state index in [0.29, 0.717) is 34.7 Å². The summed E-state index contributed by atoms with van der Waals surface area (Å²) in [7, 11) is -4.03. The number of halogens is 1. The zero-order chi connectivity index (χ0) is 24.0. The molecule has 0 aromatic heterocycles. The number of amides is 1. The number of rotatable bonds is 9. The van der Waals surface area contributed by atoms with Crippen LogP contribution in [0.15, 0.2) is 77.7 Å². The fourth-order valence-electron chi connectivity index (χ4n) is 3.21. The molecule has 0 atom stereocenters. The lowest BCUT2D eigenvalue weighted by atomic mass is 10.0. The number of benzene rings is 3. The van der Waals surface area contributed by atoms with Crippen LogP contribution in [0, 0.1) is 0 Å². The minimum Gasteiger partial charge on any atom is -0.494 e. The standard InChI is InChI=1S/C25H27ClN2O4S/c1-4-32-23-13-11-22(12-14-23)28(33(30,31)24-15-7-20(26)8-16-24)17-25(29)27-21-9-5-19(6-10-21)18(2)3/h5-16,18H,4,17H2,1-3H3,(H,27,29). The Balaban J connectivity index is 1.89. The molecule has 0 aliphatic heterocycles. The summed E-state index contributed by atoms with van der Waals surface area (Å²) in [6.07, 6.45) is 0. The van der Waals surface area contributed by atoms with Gasteiger partial charge in [-0.15, -0.1) is 0 Å². The Morgan fingerprint density at radius 3 is 2.12 bits per heavy atom. The minimum atomic E-state index is -4.03. The number of nitrogens with one attached hydrogen (secondary N) is 1. The van der Waals surface area contributed by atoms with Crippen LogP contribution < -0.4 is 14.4 Å². The van der Waals surface area contributed by atoms with Crippen LogP contribution in [0.3, 0.4) is 0 Å². The molecule has 174 valence electrons. The van der Waals surface area contributed by atoms with E-state index in [0.717, 1.165) is 9.87 Å². The Hall–Kier alpha value is -3.03. The number of carbonyl (C=O) groups is 1. The number of anilines is 2. The summed E-state index contributed by atoms with van der Waals surface area (Å²) in [6.45, 7) is 6.13. The molecule has 3 rings (SSSR count). The van der Waals surface area contributed by atoms with Crippen molar-refractivity contribution in [2.45, 2.75) is 31.6 Å². The van der Waals surface area contributed by atoms with Gasteiger partial charge in [0.15, 0.2) is 0 Å². The van der Waals surface area contributed by atoms with Crippen molar-refractivity contribution in [3.63, 3.8) is 0 Å². The van der Waals surface area contributed by atoms with Gasteiger partial charge in [-0.3, -0.25) is 9.10 Å². The molecule has 1 N–H and O–H groups in total. The highest BCUT2D eigenvalue weighted by Gasteiger charge is 2.27. The van der Waals surface area contributed by atoms with Gasteiger partial charge in [-0.05, 0) is 79.1 Å². The fraction of sp³-hybridized carbons (Fsp3) is 0.240. The van der Waals surface area contributed by atoms with Gasteiger partial charge in [0.25, 0.3) is 10.0 Å². The molecule has 3 aromatic carbocycles. The smallest absolute Gasteiger partial charge is 0.264 e. The molecule has 6 nitrogen and oxygen atoms in total. The van der Waals surface area contributed by atoms with Gasteiger partial charge in [0, 0.05) is 10.7 Å². The van der Waals surface area contributed by atoms with Crippen LogP contribution >= 0.6 is 11.6 Å². The Bertz CT molecular complexity index is 1180. The number of carbonyl (C=O) groups excluding carboxylic acids is 1. The summed E-state index contributed by atoms with van der Waals surface area (Å²) in [5, 5.41) is 3.20. The van der Waals surface area contributed by atoms with Crippen LogP contribution in [0.1, 0.15) is 32.3 Å². The lowest BCUT2D eigenvalue weighted by Gasteiger charge is -2.24. The summed E-state index contributed by atoms with van der Waals surface area (Å²) in [5.74, 6) is 0.521. The molecule has 0 fully saturated rings. The first kappa shape index (κ1) is 24.6. The molecule has 0 spiro atoms. The predicted octanol–water partition coefficient (Wildman–Crippen LogP) is 5.70. The molecule has 1 amide bonds. The summed E-state index contributed by atoms with van der Waals surface area (Å²) < 4.78 is 33.4. The zero-order valence-electron chi connectivity index (χ0n) is 18.8. The third-order valence-electron chi connectivity index (χ3n) is 4.99. The highest BCUT2D eigenvalue weighted by Crippen LogP contribution is 2.27. The third-order valence-corrected chi connectivity index (χ3v) is 7.03. The largest absolute Gasteiger partial charge is 0.494 e. The molecular weight excluding hydrogens is 460 g/mol. The maximum Gasteiger partial charge on any atom is 0.264 e. The maximum absolute atomic E-state index is 13.4. The zero-order valence-corrected chi connectivity index (χ0v) is 20.4. The fourth-order valence-corrected chi connectivity index (χ4v) is 4.75. The molecule has 0 aliphatic carbocycles. The molecule has 0 saturated carbocycles. The van der Waals surface area contributed by atoms with E-state index in [1.807, 2.05) is 31.2 Å². The van der Waals surface area contributed by atoms with Crippen molar-refractivity contribution in [2.75, 3.05) is 22.8 Å². The summed E-state index contributed by atoms with van der Waals surface area (Å²) in [4.78, 5) is 12.9. The van der Waals surface area contributed by atoms with Gasteiger partial charge < -0.3 is 10.1 Å². The van der Waals surface area contributed by atoms with E-state index in [1.54, 1.807) is 24.3 Å². The van der Waals surface area contributed by atoms with Gasteiger partial charge in [-0.25, -0.2) is 8.42 Å². The Labute approximate surface area is 200 Å². The molecule has 0 aliphatic rings. The molecule has 3 aromatic rings. The molecule has 0 bridgehead atoms. The molecule has 33 heavy (non-hydrogen) atoms. The number of sulfonamides is 1. The highest BCUT2D eigenvalue weighted by molar-refractivity contribution is 7.92. The van der Waals surface area contributed by atoms with Crippen molar-refractivity contribution in [3.05, 3.63) is 83.4 Å². The first-order valence-electron chi connectivity index (χ1n) is 10.6. The van der Waals surface area contributed by atoms with Crippen molar-refractivity contribution in [1.82, 2.24) is 0 Å². The quantitative estimate of drug-likeness (QED) is 0.421. The average molecular weight is 487 g/mol. The topological polar surface area (TPSA) is 75.7 Å². The number of nitrogens with zero attached hydrogens (tertiary/aromatic N) is 1. The molecular formula is C25H27ClN2O4S. The van der Waals surface area contributed by atoms with Crippen molar-refractivity contribution < 1.29 is 17.9 Å².